The molecule has 0 radical (unpaired) electrons. The predicted octanol–water partition coefficient (Wildman–Crippen LogP) is 3.43. The van der Waals surface area contributed by atoms with Gasteiger partial charge in [-0.2, -0.15) is 0 Å². The van der Waals surface area contributed by atoms with Crippen LogP contribution in [0.15, 0.2) is 42.0 Å². The summed E-state index contributed by atoms with van der Waals surface area (Å²) in [6.45, 7) is 2.16. The summed E-state index contributed by atoms with van der Waals surface area (Å²) in [6, 6.07) is 8.19. The van der Waals surface area contributed by atoms with Crippen molar-refractivity contribution in [2.45, 2.75) is 13.3 Å². The molecule has 0 saturated carbocycles. The van der Waals surface area contributed by atoms with Gasteiger partial charge in [0, 0.05) is 0 Å². The van der Waals surface area contributed by atoms with Crippen LogP contribution in [-0.4, -0.2) is 7.11 Å². The first-order valence-electron chi connectivity index (χ1n) is 4.81. The quantitative estimate of drug-likeness (QED) is 0.687. The van der Waals surface area contributed by atoms with Crippen LogP contribution in [0.25, 0.3) is 5.57 Å². The third-order valence-corrected chi connectivity index (χ3v) is 2.47. The fraction of sp³-hybridized carbons (Fsp3) is 0.231. The summed E-state index contributed by atoms with van der Waals surface area (Å²) < 4.78 is 5.12. The highest BCUT2D eigenvalue weighted by Gasteiger charge is 2.04. The van der Waals surface area contributed by atoms with Crippen LogP contribution in [-0.2, 0) is 0 Å². The molecule has 0 fully saturated rings. The van der Waals surface area contributed by atoms with Crippen molar-refractivity contribution in [3.63, 3.8) is 0 Å². The van der Waals surface area contributed by atoms with Crippen LogP contribution in [0, 0.1) is 0 Å². The van der Waals surface area contributed by atoms with Gasteiger partial charge in [-0.3, -0.25) is 0 Å². The maximum absolute atomic E-state index is 5.12. The van der Waals surface area contributed by atoms with Crippen LogP contribution >= 0.6 is 0 Å². The molecular formula is C13H14O. The molecule has 72 valence electrons. The maximum Gasteiger partial charge on any atom is 0.118 e. The SMILES string of the molecule is COc1ccc(C2=CCC(C)=C2)cc1. The number of methoxy groups -OCH3 is 1. The number of hydrogen-bond acceptors (Lipinski definition) is 1. The molecule has 1 heteroatoms. The Balaban J connectivity index is 2.26. The van der Waals surface area contributed by atoms with Crippen LogP contribution in [0.5, 0.6) is 5.75 Å². The minimum Gasteiger partial charge on any atom is -0.497 e. The average Bonchev–Trinajstić information content (AvgIpc) is 2.65. The van der Waals surface area contributed by atoms with E-state index in [-0.39, 0.29) is 0 Å². The van der Waals surface area contributed by atoms with Gasteiger partial charge in [-0.25, -0.2) is 0 Å². The fourth-order valence-corrected chi connectivity index (χ4v) is 1.64. The lowest BCUT2D eigenvalue weighted by atomic mass is 10.1. The lowest BCUT2D eigenvalue weighted by Gasteiger charge is -2.02. The number of rotatable bonds is 2. The molecule has 0 aliphatic heterocycles. The molecule has 0 heterocycles. The highest BCUT2D eigenvalue weighted by Crippen LogP contribution is 2.26. The zero-order valence-electron chi connectivity index (χ0n) is 8.58. The molecule has 0 amide bonds. The number of hydrogen-bond donors (Lipinski definition) is 0. The second-order valence-corrected chi connectivity index (χ2v) is 3.58. The topological polar surface area (TPSA) is 9.23 Å². The lowest BCUT2D eigenvalue weighted by Crippen LogP contribution is -1.83. The molecule has 0 aromatic heterocycles. The van der Waals surface area contributed by atoms with E-state index < -0.39 is 0 Å². The lowest BCUT2D eigenvalue weighted by molar-refractivity contribution is 0.415. The van der Waals surface area contributed by atoms with E-state index in [1.54, 1.807) is 7.11 Å². The average molecular weight is 186 g/mol. The Morgan fingerprint density at radius 3 is 2.36 bits per heavy atom. The summed E-state index contributed by atoms with van der Waals surface area (Å²) in [5.41, 5.74) is 4.02. The van der Waals surface area contributed by atoms with Crippen molar-refractivity contribution in [1.29, 1.82) is 0 Å². The van der Waals surface area contributed by atoms with Crippen LogP contribution < -0.4 is 4.74 Å². The molecule has 1 aliphatic carbocycles. The van der Waals surface area contributed by atoms with Gasteiger partial charge in [-0.15, -0.1) is 0 Å². The summed E-state index contributed by atoms with van der Waals surface area (Å²) >= 11 is 0. The van der Waals surface area contributed by atoms with Gasteiger partial charge < -0.3 is 4.74 Å². The van der Waals surface area contributed by atoms with E-state index in [0.717, 1.165) is 12.2 Å². The van der Waals surface area contributed by atoms with Crippen molar-refractivity contribution in [3.8, 4) is 5.75 Å². The largest absolute Gasteiger partial charge is 0.497 e. The first-order valence-corrected chi connectivity index (χ1v) is 4.81. The molecule has 14 heavy (non-hydrogen) atoms. The van der Waals surface area contributed by atoms with Crippen molar-refractivity contribution in [2.75, 3.05) is 7.11 Å². The Kier molecular flexibility index (Phi) is 2.40. The Hall–Kier alpha value is -1.50. The summed E-state index contributed by atoms with van der Waals surface area (Å²) in [6.07, 6.45) is 5.58. The Morgan fingerprint density at radius 1 is 1.14 bits per heavy atom. The summed E-state index contributed by atoms with van der Waals surface area (Å²) in [7, 11) is 1.69. The molecule has 0 N–H and O–H groups in total. The van der Waals surface area contributed by atoms with E-state index in [0.29, 0.717) is 0 Å². The van der Waals surface area contributed by atoms with Crippen molar-refractivity contribution in [2.24, 2.45) is 0 Å². The maximum atomic E-state index is 5.12. The van der Waals surface area contributed by atoms with E-state index >= 15 is 0 Å². The molecular weight excluding hydrogens is 172 g/mol. The van der Waals surface area contributed by atoms with E-state index in [1.807, 2.05) is 12.1 Å². The van der Waals surface area contributed by atoms with Gasteiger partial charge in [-0.05, 0) is 36.6 Å². The second-order valence-electron chi connectivity index (χ2n) is 3.58. The van der Waals surface area contributed by atoms with E-state index in [4.69, 9.17) is 4.74 Å². The minimum atomic E-state index is 0.910. The number of benzene rings is 1. The molecule has 0 spiro atoms. The molecule has 1 aromatic rings. The number of ether oxygens (including phenoxy) is 1. The van der Waals surface area contributed by atoms with Crippen LogP contribution in [0.3, 0.4) is 0 Å². The highest BCUT2D eigenvalue weighted by molar-refractivity contribution is 5.77. The third kappa shape index (κ3) is 1.72. The Morgan fingerprint density at radius 2 is 1.86 bits per heavy atom. The normalized spacial score (nSPS) is 15.0. The van der Waals surface area contributed by atoms with Gasteiger partial charge in [0.2, 0.25) is 0 Å². The smallest absolute Gasteiger partial charge is 0.118 e. The van der Waals surface area contributed by atoms with Crippen LogP contribution in [0.1, 0.15) is 18.9 Å². The zero-order valence-corrected chi connectivity index (χ0v) is 8.58. The molecule has 0 saturated heterocycles. The van der Waals surface area contributed by atoms with Crippen molar-refractivity contribution in [3.05, 3.63) is 47.6 Å². The van der Waals surface area contributed by atoms with Crippen molar-refractivity contribution < 1.29 is 4.74 Å². The van der Waals surface area contributed by atoms with Gasteiger partial charge in [0.1, 0.15) is 5.75 Å². The second kappa shape index (κ2) is 3.70. The summed E-state index contributed by atoms with van der Waals surface area (Å²) in [5.74, 6) is 0.910. The predicted molar refractivity (Wildman–Crippen MR) is 59.3 cm³/mol. The van der Waals surface area contributed by atoms with Gasteiger partial charge in [0.05, 0.1) is 7.11 Å². The highest BCUT2D eigenvalue weighted by atomic mass is 16.5. The van der Waals surface area contributed by atoms with Gasteiger partial charge in [-0.1, -0.05) is 29.9 Å². The molecule has 2 rings (SSSR count). The van der Waals surface area contributed by atoms with E-state index in [1.165, 1.54) is 16.7 Å². The standard InChI is InChI=1S/C13H14O/c1-10-3-4-12(9-10)11-5-7-13(14-2)8-6-11/h4-9H,3H2,1-2H3. The zero-order chi connectivity index (χ0) is 9.97. The number of allylic oxidation sites excluding steroid dienone is 4. The summed E-state index contributed by atoms with van der Waals surface area (Å²) in [5, 5.41) is 0. The van der Waals surface area contributed by atoms with Crippen LogP contribution in [0.2, 0.25) is 0 Å². The molecule has 1 nitrogen and oxygen atoms in total. The van der Waals surface area contributed by atoms with Gasteiger partial charge >= 0.3 is 0 Å². The summed E-state index contributed by atoms with van der Waals surface area (Å²) in [4.78, 5) is 0. The third-order valence-electron chi connectivity index (χ3n) is 2.47. The van der Waals surface area contributed by atoms with Gasteiger partial charge in [0.15, 0.2) is 0 Å². The van der Waals surface area contributed by atoms with Crippen molar-refractivity contribution >= 4 is 5.57 Å². The first-order chi connectivity index (χ1) is 6.79. The molecule has 0 atom stereocenters. The van der Waals surface area contributed by atoms with E-state index in [9.17, 15) is 0 Å². The molecule has 0 unspecified atom stereocenters. The van der Waals surface area contributed by atoms with Gasteiger partial charge in [0.25, 0.3) is 0 Å². The van der Waals surface area contributed by atoms with E-state index in [2.05, 4.69) is 31.2 Å². The minimum absolute atomic E-state index is 0.910. The van der Waals surface area contributed by atoms with Crippen molar-refractivity contribution in [1.82, 2.24) is 0 Å². The molecule has 0 bridgehead atoms. The fourth-order valence-electron chi connectivity index (χ4n) is 1.64. The molecule has 1 aliphatic rings. The monoisotopic (exact) mass is 186 g/mol. The first kappa shape index (κ1) is 9.07. The molecule has 1 aromatic carbocycles. The Bertz CT molecular complexity index is 382. The van der Waals surface area contributed by atoms with Crippen LogP contribution in [0.4, 0.5) is 0 Å². The Labute approximate surface area is 84.7 Å².